The molecule has 3 nitrogen and oxygen atoms in total. The third-order valence-electron chi connectivity index (χ3n) is 6.21. The second kappa shape index (κ2) is 9.97. The Labute approximate surface area is 183 Å². The van der Waals surface area contributed by atoms with Gasteiger partial charge in [0.2, 0.25) is 5.91 Å². The summed E-state index contributed by atoms with van der Waals surface area (Å²) in [6, 6.07) is 7.67. The maximum atomic E-state index is 13.5. The zero-order valence-electron chi connectivity index (χ0n) is 16.8. The van der Waals surface area contributed by atoms with Crippen molar-refractivity contribution in [2.75, 3.05) is 6.61 Å². The van der Waals surface area contributed by atoms with Gasteiger partial charge in [-0.2, -0.15) is 0 Å². The summed E-state index contributed by atoms with van der Waals surface area (Å²) >= 11 is 12.5. The Morgan fingerprint density at radius 2 is 2.17 bits per heavy atom. The van der Waals surface area contributed by atoms with Gasteiger partial charge in [-0.3, -0.25) is 4.79 Å². The zero-order chi connectivity index (χ0) is 21.0. The fraction of sp³-hybridized carbons (Fsp3) is 0.458. The predicted octanol–water partition coefficient (Wildman–Crippen LogP) is 5.69. The molecule has 1 heterocycles. The standard InChI is InChI=1S/C24H29Cl2NO2/c1-3-6-18-14-22(17-7-5-8-20(26)13-17)23(16-9-11-19(25)12-10-16)27(24(18)29)21(4-2)15-28/h3,5,7-9,11-13,16,18,21-23,28H,1,4,6,10,14-15H2,2H3. The van der Waals surface area contributed by atoms with Gasteiger partial charge in [0.1, 0.15) is 0 Å². The summed E-state index contributed by atoms with van der Waals surface area (Å²) in [6.45, 7) is 5.82. The van der Waals surface area contributed by atoms with Crippen LogP contribution in [-0.4, -0.2) is 34.6 Å². The van der Waals surface area contributed by atoms with Gasteiger partial charge in [-0.1, -0.05) is 60.5 Å². The van der Waals surface area contributed by atoms with Gasteiger partial charge < -0.3 is 10.0 Å². The summed E-state index contributed by atoms with van der Waals surface area (Å²) in [7, 11) is 0. The molecule has 1 aliphatic heterocycles. The van der Waals surface area contributed by atoms with Crippen LogP contribution < -0.4 is 0 Å². The fourth-order valence-electron chi connectivity index (χ4n) is 4.77. The largest absolute Gasteiger partial charge is 0.394 e. The number of hydrogen-bond acceptors (Lipinski definition) is 2. The van der Waals surface area contributed by atoms with Gasteiger partial charge in [0.05, 0.1) is 12.6 Å². The van der Waals surface area contributed by atoms with Gasteiger partial charge >= 0.3 is 0 Å². The summed E-state index contributed by atoms with van der Waals surface area (Å²) in [6.07, 6.45) is 10.7. The van der Waals surface area contributed by atoms with Gasteiger partial charge in [-0.25, -0.2) is 0 Å². The van der Waals surface area contributed by atoms with Crippen LogP contribution in [0.15, 0.2) is 60.2 Å². The van der Waals surface area contributed by atoms with Crippen molar-refractivity contribution in [3.8, 4) is 0 Å². The number of piperidine rings is 1. The van der Waals surface area contributed by atoms with Crippen molar-refractivity contribution in [3.05, 3.63) is 70.8 Å². The minimum absolute atomic E-state index is 0.0468. The Hall–Kier alpha value is -1.55. The van der Waals surface area contributed by atoms with Gasteiger partial charge in [0.15, 0.2) is 0 Å². The molecule has 3 rings (SSSR count). The molecule has 1 aliphatic carbocycles. The molecule has 1 saturated heterocycles. The number of carbonyl (C=O) groups excluding carboxylic acids is 1. The number of aliphatic hydroxyl groups is 1. The van der Waals surface area contributed by atoms with E-state index in [0.717, 1.165) is 23.4 Å². The maximum Gasteiger partial charge on any atom is 0.226 e. The molecule has 1 amide bonds. The number of amides is 1. The van der Waals surface area contributed by atoms with E-state index in [4.69, 9.17) is 23.2 Å². The van der Waals surface area contributed by atoms with E-state index in [9.17, 15) is 9.90 Å². The lowest BCUT2D eigenvalue weighted by Crippen LogP contribution is -2.59. The number of allylic oxidation sites excluding steroid dienone is 4. The van der Waals surface area contributed by atoms with E-state index in [0.29, 0.717) is 17.9 Å². The first-order valence-electron chi connectivity index (χ1n) is 10.3. The van der Waals surface area contributed by atoms with Crippen molar-refractivity contribution in [3.63, 3.8) is 0 Å². The SMILES string of the molecule is C=CCC1CC(c2cccc(Cl)c2)C(C2C=CC(Cl)=CC2)N(C(CC)CO)C1=O. The fourth-order valence-corrected chi connectivity index (χ4v) is 5.13. The van der Waals surface area contributed by atoms with Crippen LogP contribution in [0, 0.1) is 11.8 Å². The lowest BCUT2D eigenvalue weighted by molar-refractivity contribution is -0.149. The highest BCUT2D eigenvalue weighted by Gasteiger charge is 2.46. The van der Waals surface area contributed by atoms with E-state index in [1.54, 1.807) is 0 Å². The third-order valence-corrected chi connectivity index (χ3v) is 6.72. The maximum absolute atomic E-state index is 13.5. The lowest BCUT2D eigenvalue weighted by atomic mass is 9.71. The molecule has 5 heteroatoms. The summed E-state index contributed by atoms with van der Waals surface area (Å²) in [5.74, 6) is 0.232. The first-order chi connectivity index (χ1) is 14.0. The molecule has 5 atom stereocenters. The summed E-state index contributed by atoms with van der Waals surface area (Å²) in [4.78, 5) is 15.5. The Morgan fingerprint density at radius 1 is 1.38 bits per heavy atom. The van der Waals surface area contributed by atoms with Crippen molar-refractivity contribution in [1.29, 1.82) is 0 Å². The van der Waals surface area contributed by atoms with Crippen molar-refractivity contribution in [2.24, 2.45) is 11.8 Å². The first-order valence-corrected chi connectivity index (χ1v) is 11.1. The highest BCUT2D eigenvalue weighted by molar-refractivity contribution is 6.31. The van der Waals surface area contributed by atoms with Crippen molar-refractivity contribution in [1.82, 2.24) is 4.90 Å². The third kappa shape index (κ3) is 4.79. The van der Waals surface area contributed by atoms with Gasteiger partial charge in [-0.05, 0) is 49.5 Å². The Balaban J connectivity index is 2.09. The molecule has 156 valence electrons. The van der Waals surface area contributed by atoms with E-state index >= 15 is 0 Å². The second-order valence-corrected chi connectivity index (χ2v) is 8.82. The van der Waals surface area contributed by atoms with Gasteiger partial charge in [0, 0.05) is 33.9 Å². The summed E-state index contributed by atoms with van der Waals surface area (Å²) in [5.41, 5.74) is 1.14. The summed E-state index contributed by atoms with van der Waals surface area (Å²) < 4.78 is 0. The topological polar surface area (TPSA) is 40.5 Å². The molecule has 0 radical (unpaired) electrons. The van der Waals surface area contributed by atoms with Crippen LogP contribution in [0.4, 0.5) is 0 Å². The molecule has 2 aliphatic rings. The molecule has 0 saturated carbocycles. The van der Waals surface area contributed by atoms with Crippen LogP contribution in [0.2, 0.25) is 5.02 Å². The van der Waals surface area contributed by atoms with Crippen molar-refractivity contribution < 1.29 is 9.90 Å². The van der Waals surface area contributed by atoms with E-state index in [1.165, 1.54) is 0 Å². The van der Waals surface area contributed by atoms with E-state index in [-0.39, 0.29) is 42.4 Å². The molecule has 1 aromatic carbocycles. The minimum atomic E-state index is -0.212. The van der Waals surface area contributed by atoms with Gasteiger partial charge in [-0.15, -0.1) is 6.58 Å². The molecule has 1 N–H and O–H groups in total. The number of nitrogens with zero attached hydrogens (tertiary/aromatic N) is 1. The highest BCUT2D eigenvalue weighted by atomic mass is 35.5. The molecule has 1 fully saturated rings. The molecule has 0 spiro atoms. The van der Waals surface area contributed by atoms with Crippen LogP contribution in [0.5, 0.6) is 0 Å². The van der Waals surface area contributed by atoms with Crippen LogP contribution in [0.25, 0.3) is 0 Å². The number of rotatable bonds is 7. The normalized spacial score (nSPS) is 28.2. The number of carbonyl (C=O) groups is 1. The van der Waals surface area contributed by atoms with Crippen molar-refractivity contribution in [2.45, 2.75) is 50.6 Å². The number of benzene rings is 1. The molecule has 1 aromatic rings. The molecule has 29 heavy (non-hydrogen) atoms. The molecule has 5 unspecified atom stereocenters. The van der Waals surface area contributed by atoms with Crippen LogP contribution >= 0.6 is 23.2 Å². The molecular weight excluding hydrogens is 405 g/mol. The Bertz CT molecular complexity index is 800. The zero-order valence-corrected chi connectivity index (χ0v) is 18.3. The quantitative estimate of drug-likeness (QED) is 0.561. The highest BCUT2D eigenvalue weighted by Crippen LogP contribution is 2.44. The number of likely N-dealkylation sites (tertiary alicyclic amines) is 1. The molecule has 0 bridgehead atoms. The number of halogens is 2. The Morgan fingerprint density at radius 3 is 2.76 bits per heavy atom. The van der Waals surface area contributed by atoms with Crippen LogP contribution in [-0.2, 0) is 4.79 Å². The Kier molecular flexibility index (Phi) is 7.61. The molecule has 0 aromatic heterocycles. The minimum Gasteiger partial charge on any atom is -0.394 e. The van der Waals surface area contributed by atoms with E-state index in [1.807, 2.05) is 48.3 Å². The summed E-state index contributed by atoms with van der Waals surface area (Å²) in [5, 5.41) is 11.5. The smallest absolute Gasteiger partial charge is 0.226 e. The van der Waals surface area contributed by atoms with Crippen LogP contribution in [0.3, 0.4) is 0 Å². The average Bonchev–Trinajstić information content (AvgIpc) is 2.72. The predicted molar refractivity (Wildman–Crippen MR) is 120 cm³/mol. The van der Waals surface area contributed by atoms with Crippen molar-refractivity contribution >= 4 is 29.1 Å². The van der Waals surface area contributed by atoms with Gasteiger partial charge in [0.25, 0.3) is 0 Å². The van der Waals surface area contributed by atoms with E-state index < -0.39 is 0 Å². The van der Waals surface area contributed by atoms with Crippen LogP contribution in [0.1, 0.15) is 44.1 Å². The number of aliphatic hydroxyl groups excluding tert-OH is 1. The second-order valence-electron chi connectivity index (χ2n) is 7.95. The monoisotopic (exact) mass is 433 g/mol. The number of hydrogen-bond donors (Lipinski definition) is 1. The first kappa shape index (κ1) is 22.1. The lowest BCUT2D eigenvalue weighted by Gasteiger charge is -2.50. The molecular formula is C24H29Cl2NO2. The average molecular weight is 434 g/mol. The van der Waals surface area contributed by atoms with E-state index in [2.05, 4.69) is 18.7 Å².